The van der Waals surface area contributed by atoms with Crippen LogP contribution in [0.25, 0.3) is 0 Å². The molecule has 110 valence electrons. The minimum absolute atomic E-state index is 0.355. The quantitative estimate of drug-likeness (QED) is 0.888. The summed E-state index contributed by atoms with van der Waals surface area (Å²) in [5.74, 6) is -1.41. The molecule has 0 radical (unpaired) electrons. The van der Waals surface area contributed by atoms with Crippen LogP contribution in [0.4, 0.5) is 10.5 Å². The van der Waals surface area contributed by atoms with Crippen LogP contribution in [0.1, 0.15) is 24.8 Å². The maximum atomic E-state index is 12.2. The molecule has 2 atom stereocenters. The van der Waals surface area contributed by atoms with Crippen molar-refractivity contribution in [1.29, 1.82) is 5.26 Å². The van der Waals surface area contributed by atoms with E-state index in [0.717, 1.165) is 6.42 Å². The Morgan fingerprint density at radius 1 is 1.38 bits per heavy atom. The summed E-state index contributed by atoms with van der Waals surface area (Å²) in [6, 6.07) is 8.08. The van der Waals surface area contributed by atoms with Gasteiger partial charge in [-0.1, -0.05) is 18.6 Å². The van der Waals surface area contributed by atoms with Gasteiger partial charge in [0, 0.05) is 13.1 Å². The van der Waals surface area contributed by atoms with Crippen molar-refractivity contribution in [3.05, 3.63) is 29.8 Å². The highest BCUT2D eigenvalue weighted by Gasteiger charge is 2.34. The Kier molecular flexibility index (Phi) is 4.43. The Labute approximate surface area is 123 Å². The fourth-order valence-corrected chi connectivity index (χ4v) is 2.65. The van der Waals surface area contributed by atoms with Crippen molar-refractivity contribution in [2.24, 2.45) is 5.92 Å². The average molecular weight is 287 g/mol. The summed E-state index contributed by atoms with van der Waals surface area (Å²) < 4.78 is 0. The fraction of sp³-hybridized carbons (Fsp3) is 0.400. The molecule has 2 rings (SSSR count). The summed E-state index contributed by atoms with van der Waals surface area (Å²) >= 11 is 0. The number of nitriles is 1. The first-order valence-electron chi connectivity index (χ1n) is 6.80. The van der Waals surface area contributed by atoms with Crippen LogP contribution in [-0.2, 0) is 4.79 Å². The van der Waals surface area contributed by atoms with E-state index in [1.807, 2.05) is 6.07 Å². The van der Waals surface area contributed by atoms with Gasteiger partial charge in [-0.05, 0) is 25.0 Å². The second-order valence-electron chi connectivity index (χ2n) is 5.12. The second-order valence-corrected chi connectivity index (χ2v) is 5.12. The van der Waals surface area contributed by atoms with Gasteiger partial charge in [-0.25, -0.2) is 4.79 Å². The zero-order valence-electron chi connectivity index (χ0n) is 11.7. The Balaban J connectivity index is 2.10. The first-order valence-corrected chi connectivity index (χ1v) is 6.80. The van der Waals surface area contributed by atoms with Gasteiger partial charge in [-0.2, -0.15) is 5.26 Å². The Morgan fingerprint density at radius 2 is 2.10 bits per heavy atom. The van der Waals surface area contributed by atoms with E-state index in [9.17, 15) is 9.59 Å². The van der Waals surface area contributed by atoms with Crippen molar-refractivity contribution in [2.45, 2.75) is 25.3 Å². The first kappa shape index (κ1) is 14.9. The molecular weight excluding hydrogens is 270 g/mol. The summed E-state index contributed by atoms with van der Waals surface area (Å²) in [4.78, 5) is 24.7. The van der Waals surface area contributed by atoms with E-state index < -0.39 is 17.9 Å². The molecule has 1 fully saturated rings. The number of carbonyl (C=O) groups is 2. The zero-order valence-corrected chi connectivity index (χ0v) is 11.7. The van der Waals surface area contributed by atoms with Gasteiger partial charge in [0.15, 0.2) is 0 Å². The molecule has 0 bridgehead atoms. The molecule has 1 saturated carbocycles. The fourth-order valence-electron chi connectivity index (χ4n) is 2.65. The molecule has 2 unspecified atom stereocenters. The van der Waals surface area contributed by atoms with Crippen molar-refractivity contribution in [3.8, 4) is 6.07 Å². The van der Waals surface area contributed by atoms with Gasteiger partial charge in [0.2, 0.25) is 0 Å². The molecule has 0 aliphatic heterocycles. The lowest BCUT2D eigenvalue weighted by atomic mass is 10.0. The number of carboxylic acids is 1. The predicted molar refractivity (Wildman–Crippen MR) is 76.9 cm³/mol. The number of benzene rings is 1. The number of nitrogens with one attached hydrogen (secondary N) is 1. The largest absolute Gasteiger partial charge is 0.481 e. The molecule has 2 amide bonds. The maximum absolute atomic E-state index is 12.2. The number of hydrogen-bond acceptors (Lipinski definition) is 3. The highest BCUT2D eigenvalue weighted by molar-refractivity contribution is 5.93. The Morgan fingerprint density at radius 3 is 2.76 bits per heavy atom. The van der Waals surface area contributed by atoms with Crippen LogP contribution in [0.15, 0.2) is 24.3 Å². The standard InChI is InChI=1S/C15H17N3O3/c1-18(13-8-3-2-5-10(13)9-16)15(21)17-12-7-4-6-11(12)14(19)20/h2-3,5,8,11-12H,4,6-7H2,1H3,(H,17,21)(H,19,20). The smallest absolute Gasteiger partial charge is 0.321 e. The number of aliphatic carboxylic acids is 1. The van der Waals surface area contributed by atoms with Crippen LogP contribution < -0.4 is 10.2 Å². The number of anilines is 1. The van der Waals surface area contributed by atoms with E-state index >= 15 is 0 Å². The molecule has 2 N–H and O–H groups in total. The molecule has 0 saturated heterocycles. The number of para-hydroxylation sites is 1. The lowest BCUT2D eigenvalue weighted by Gasteiger charge is -2.23. The van der Waals surface area contributed by atoms with Crippen LogP contribution in [-0.4, -0.2) is 30.2 Å². The van der Waals surface area contributed by atoms with Crippen LogP contribution in [0.2, 0.25) is 0 Å². The minimum atomic E-state index is -0.877. The third-order valence-corrected chi connectivity index (χ3v) is 3.83. The normalized spacial score (nSPS) is 20.6. The SMILES string of the molecule is CN(C(=O)NC1CCCC1C(=O)O)c1ccccc1C#N. The summed E-state index contributed by atoms with van der Waals surface area (Å²) in [6.45, 7) is 0. The van der Waals surface area contributed by atoms with E-state index in [-0.39, 0.29) is 6.04 Å². The van der Waals surface area contributed by atoms with E-state index in [2.05, 4.69) is 5.32 Å². The molecule has 1 aliphatic rings. The number of rotatable bonds is 3. The average Bonchev–Trinajstić information content (AvgIpc) is 2.94. The molecule has 1 aromatic rings. The number of carboxylic acid groups (broad SMARTS) is 1. The van der Waals surface area contributed by atoms with Gasteiger partial charge in [-0.3, -0.25) is 9.69 Å². The lowest BCUT2D eigenvalue weighted by Crippen LogP contribution is -2.46. The summed E-state index contributed by atoms with van der Waals surface area (Å²) in [5.41, 5.74) is 0.902. The van der Waals surface area contributed by atoms with Crippen molar-refractivity contribution < 1.29 is 14.7 Å². The van der Waals surface area contributed by atoms with E-state index in [0.29, 0.717) is 24.1 Å². The van der Waals surface area contributed by atoms with E-state index in [1.54, 1.807) is 31.3 Å². The molecule has 0 heterocycles. The monoisotopic (exact) mass is 287 g/mol. The van der Waals surface area contributed by atoms with Gasteiger partial charge >= 0.3 is 12.0 Å². The molecule has 0 spiro atoms. The van der Waals surface area contributed by atoms with Crippen LogP contribution in [0.5, 0.6) is 0 Å². The van der Waals surface area contributed by atoms with Crippen LogP contribution in [0.3, 0.4) is 0 Å². The molecule has 1 aliphatic carbocycles. The highest BCUT2D eigenvalue weighted by Crippen LogP contribution is 2.26. The third-order valence-electron chi connectivity index (χ3n) is 3.83. The molecule has 6 nitrogen and oxygen atoms in total. The van der Waals surface area contributed by atoms with Crippen molar-refractivity contribution >= 4 is 17.7 Å². The predicted octanol–water partition coefficient (Wildman–Crippen LogP) is 1.96. The van der Waals surface area contributed by atoms with Gasteiger partial charge in [0.25, 0.3) is 0 Å². The first-order chi connectivity index (χ1) is 10.0. The molecule has 1 aromatic carbocycles. The van der Waals surface area contributed by atoms with Crippen molar-refractivity contribution in [2.75, 3.05) is 11.9 Å². The summed E-state index contributed by atoms with van der Waals surface area (Å²) in [7, 11) is 1.57. The Bertz CT molecular complexity index is 594. The van der Waals surface area contributed by atoms with Gasteiger partial charge in [0.1, 0.15) is 6.07 Å². The zero-order chi connectivity index (χ0) is 15.4. The van der Waals surface area contributed by atoms with E-state index in [1.165, 1.54) is 4.90 Å². The summed E-state index contributed by atoms with van der Waals surface area (Å²) in [6.07, 6.45) is 2.04. The number of amides is 2. The number of carbonyl (C=O) groups excluding carboxylic acids is 1. The van der Waals surface area contributed by atoms with Gasteiger partial charge < -0.3 is 10.4 Å². The Hall–Kier alpha value is -2.55. The van der Waals surface area contributed by atoms with E-state index in [4.69, 9.17) is 10.4 Å². The second kappa shape index (κ2) is 6.27. The third kappa shape index (κ3) is 3.14. The van der Waals surface area contributed by atoms with Crippen molar-refractivity contribution in [1.82, 2.24) is 5.32 Å². The van der Waals surface area contributed by atoms with Crippen LogP contribution >= 0.6 is 0 Å². The minimum Gasteiger partial charge on any atom is -0.481 e. The number of urea groups is 1. The number of nitrogens with zero attached hydrogens (tertiary/aromatic N) is 2. The molecule has 0 aromatic heterocycles. The van der Waals surface area contributed by atoms with Gasteiger partial charge in [0.05, 0.1) is 17.2 Å². The topological polar surface area (TPSA) is 93.4 Å². The highest BCUT2D eigenvalue weighted by atomic mass is 16.4. The number of hydrogen-bond donors (Lipinski definition) is 2. The van der Waals surface area contributed by atoms with Crippen LogP contribution in [0, 0.1) is 17.2 Å². The molecule has 21 heavy (non-hydrogen) atoms. The van der Waals surface area contributed by atoms with Crippen molar-refractivity contribution in [3.63, 3.8) is 0 Å². The van der Waals surface area contributed by atoms with Gasteiger partial charge in [-0.15, -0.1) is 0 Å². The maximum Gasteiger partial charge on any atom is 0.321 e. The molecule has 6 heteroatoms. The molecular formula is C15H17N3O3. The summed E-state index contributed by atoms with van der Waals surface area (Å²) in [5, 5.41) is 20.9. The lowest BCUT2D eigenvalue weighted by molar-refractivity contribution is -0.142.